The van der Waals surface area contributed by atoms with Crippen LogP contribution in [0.2, 0.25) is 0 Å². The summed E-state index contributed by atoms with van der Waals surface area (Å²) >= 11 is 0. The highest BCUT2D eigenvalue weighted by Gasteiger charge is 2.37. The summed E-state index contributed by atoms with van der Waals surface area (Å²) < 4.78 is 21.4. The minimum Gasteiger partial charge on any atom is -0.494 e. The fourth-order valence-electron chi connectivity index (χ4n) is 4.93. The van der Waals surface area contributed by atoms with Crippen molar-refractivity contribution >= 4 is 23.8 Å². The summed E-state index contributed by atoms with van der Waals surface area (Å²) in [5.74, 6) is -1.13. The van der Waals surface area contributed by atoms with Crippen LogP contribution in [0.1, 0.15) is 106 Å². The molecule has 0 radical (unpaired) electrons. The molecule has 2 aromatic rings. The summed E-state index contributed by atoms with van der Waals surface area (Å²) in [5.41, 5.74) is 0.728. The molecule has 9 heteroatoms. The molecule has 234 valence electrons. The van der Waals surface area contributed by atoms with Gasteiger partial charge in [0.15, 0.2) is 6.10 Å². The molecule has 0 aliphatic carbocycles. The largest absolute Gasteiger partial charge is 0.494 e. The maximum atomic E-state index is 13.2. The number of hydrogen-bond acceptors (Lipinski definition) is 8. The molecular weight excluding hydrogens is 550 g/mol. The third kappa shape index (κ3) is 10.7. The first-order valence-corrected chi connectivity index (χ1v) is 15.6. The Morgan fingerprint density at radius 1 is 0.814 bits per heavy atom. The fourth-order valence-corrected chi connectivity index (χ4v) is 4.93. The average Bonchev–Trinajstić information content (AvgIpc) is 3.51. The minimum absolute atomic E-state index is 0.181. The van der Waals surface area contributed by atoms with Crippen molar-refractivity contribution in [2.75, 3.05) is 19.8 Å². The predicted octanol–water partition coefficient (Wildman–Crippen LogP) is 6.52. The first kappa shape index (κ1) is 33.6. The molecule has 1 saturated heterocycles. The number of ether oxygens (including phenoxy) is 4. The summed E-state index contributed by atoms with van der Waals surface area (Å²) in [6.45, 7) is 6.56. The van der Waals surface area contributed by atoms with Gasteiger partial charge < -0.3 is 23.8 Å². The molecule has 2 atom stereocenters. The van der Waals surface area contributed by atoms with Crippen molar-refractivity contribution in [2.24, 2.45) is 0 Å². The molecule has 2 aromatic carbocycles. The van der Waals surface area contributed by atoms with Crippen molar-refractivity contribution in [2.45, 2.75) is 97.1 Å². The van der Waals surface area contributed by atoms with Crippen LogP contribution in [0.3, 0.4) is 0 Å². The Kier molecular flexibility index (Phi) is 14.0. The van der Waals surface area contributed by atoms with Gasteiger partial charge in [-0.3, -0.25) is 4.79 Å². The molecule has 1 aliphatic rings. The third-order valence-corrected chi connectivity index (χ3v) is 7.37. The first-order valence-electron chi connectivity index (χ1n) is 15.6. The molecule has 1 heterocycles. The van der Waals surface area contributed by atoms with Crippen LogP contribution in [0.15, 0.2) is 48.5 Å². The summed E-state index contributed by atoms with van der Waals surface area (Å²) in [5, 5.41) is 0. The second kappa shape index (κ2) is 17.9. The molecular formula is C34H45NO8. The van der Waals surface area contributed by atoms with E-state index in [1.165, 1.54) is 50.3 Å². The summed E-state index contributed by atoms with van der Waals surface area (Å²) in [4.78, 5) is 51.7. The van der Waals surface area contributed by atoms with Gasteiger partial charge in [0.2, 0.25) is 0 Å². The monoisotopic (exact) mass is 595 g/mol. The van der Waals surface area contributed by atoms with Crippen molar-refractivity contribution in [3.8, 4) is 11.5 Å². The van der Waals surface area contributed by atoms with Crippen LogP contribution in [-0.2, 0) is 19.1 Å². The van der Waals surface area contributed by atoms with Gasteiger partial charge in [-0.25, -0.2) is 14.4 Å². The molecule has 0 unspecified atom stereocenters. The van der Waals surface area contributed by atoms with E-state index in [2.05, 4.69) is 6.92 Å². The van der Waals surface area contributed by atoms with E-state index >= 15 is 0 Å². The van der Waals surface area contributed by atoms with Gasteiger partial charge in [0.25, 0.3) is 5.91 Å². The maximum Gasteiger partial charge on any atom is 0.347 e. The second-order valence-electron chi connectivity index (χ2n) is 10.7. The highest BCUT2D eigenvalue weighted by molar-refractivity contribution is 5.97. The Labute approximate surface area is 254 Å². The highest BCUT2D eigenvalue weighted by atomic mass is 16.6. The molecule has 0 aromatic heterocycles. The number of unbranched alkanes of at least 4 members (excludes halogenated alkanes) is 7. The lowest BCUT2D eigenvalue weighted by Gasteiger charge is -2.24. The van der Waals surface area contributed by atoms with E-state index in [1.807, 2.05) is 0 Å². The lowest BCUT2D eigenvalue weighted by Crippen LogP contribution is -2.43. The Morgan fingerprint density at radius 3 is 2.07 bits per heavy atom. The van der Waals surface area contributed by atoms with Crippen LogP contribution in [0.5, 0.6) is 11.5 Å². The highest BCUT2D eigenvalue weighted by Crippen LogP contribution is 2.24. The first-order chi connectivity index (χ1) is 20.8. The van der Waals surface area contributed by atoms with E-state index in [4.69, 9.17) is 18.9 Å². The molecule has 0 N–H and O–H groups in total. The Balaban J connectivity index is 1.44. The number of carbonyl (C=O) groups is 4. The molecule has 0 saturated carbocycles. The molecule has 43 heavy (non-hydrogen) atoms. The molecule has 1 amide bonds. The van der Waals surface area contributed by atoms with E-state index in [0.29, 0.717) is 42.9 Å². The van der Waals surface area contributed by atoms with E-state index in [0.717, 1.165) is 12.8 Å². The van der Waals surface area contributed by atoms with Crippen molar-refractivity contribution < 1.29 is 38.1 Å². The summed E-state index contributed by atoms with van der Waals surface area (Å²) in [6, 6.07) is 12.2. The van der Waals surface area contributed by atoms with Crippen LogP contribution in [0.4, 0.5) is 0 Å². The maximum absolute atomic E-state index is 13.2. The summed E-state index contributed by atoms with van der Waals surface area (Å²) in [7, 11) is 0. The number of esters is 3. The third-order valence-electron chi connectivity index (χ3n) is 7.37. The van der Waals surface area contributed by atoms with Gasteiger partial charge in [0.05, 0.1) is 18.8 Å². The molecule has 1 aliphatic heterocycles. The lowest BCUT2D eigenvalue weighted by atomic mass is 10.1. The Morgan fingerprint density at radius 2 is 1.42 bits per heavy atom. The smallest absolute Gasteiger partial charge is 0.347 e. The second-order valence-corrected chi connectivity index (χ2v) is 10.7. The van der Waals surface area contributed by atoms with E-state index in [1.54, 1.807) is 55.5 Å². The van der Waals surface area contributed by atoms with Gasteiger partial charge >= 0.3 is 17.9 Å². The van der Waals surface area contributed by atoms with Crippen LogP contribution in [0, 0.1) is 0 Å². The molecule has 1 fully saturated rings. The number of nitrogens with zero attached hydrogens (tertiary/aromatic N) is 1. The van der Waals surface area contributed by atoms with Crippen molar-refractivity contribution in [3.63, 3.8) is 0 Å². The van der Waals surface area contributed by atoms with Gasteiger partial charge in [-0.1, -0.05) is 51.9 Å². The standard InChI is InChI=1S/C34H45NO8/c1-4-6-7-8-9-10-11-12-24-41-28-19-17-27(18-20-28)33(38)43-29-21-15-26(16-22-29)31(36)35-23-13-14-30(35)34(39)42-25(3)32(37)40-5-2/h15-22,25,30H,4-14,23-24H2,1-3H3/t25-,30-/m0/s1. The molecule has 9 nitrogen and oxygen atoms in total. The van der Waals surface area contributed by atoms with Crippen LogP contribution in [0.25, 0.3) is 0 Å². The number of likely N-dealkylation sites (tertiary alicyclic amines) is 1. The number of benzene rings is 2. The number of carbonyl (C=O) groups excluding carboxylic acids is 4. The van der Waals surface area contributed by atoms with Gasteiger partial charge in [-0.05, 0) is 81.6 Å². The van der Waals surface area contributed by atoms with E-state index in [-0.39, 0.29) is 18.3 Å². The van der Waals surface area contributed by atoms with Gasteiger partial charge in [0, 0.05) is 12.1 Å². The van der Waals surface area contributed by atoms with E-state index < -0.39 is 30.1 Å². The quantitative estimate of drug-likeness (QED) is 0.115. The number of amides is 1. The Hall–Kier alpha value is -3.88. The topological polar surface area (TPSA) is 108 Å². The molecule has 3 rings (SSSR count). The lowest BCUT2D eigenvalue weighted by molar-refractivity contribution is -0.168. The van der Waals surface area contributed by atoms with Crippen LogP contribution < -0.4 is 9.47 Å². The zero-order chi connectivity index (χ0) is 31.0. The zero-order valence-corrected chi connectivity index (χ0v) is 25.7. The van der Waals surface area contributed by atoms with Crippen LogP contribution in [-0.4, -0.2) is 60.6 Å². The van der Waals surface area contributed by atoms with Gasteiger partial charge in [0.1, 0.15) is 17.5 Å². The van der Waals surface area contributed by atoms with Gasteiger partial charge in [-0.2, -0.15) is 0 Å². The summed E-state index contributed by atoms with van der Waals surface area (Å²) in [6.07, 6.45) is 9.93. The average molecular weight is 596 g/mol. The normalized spacial score (nSPS) is 15.0. The van der Waals surface area contributed by atoms with Crippen molar-refractivity contribution in [1.82, 2.24) is 4.90 Å². The molecule has 0 spiro atoms. The van der Waals surface area contributed by atoms with Crippen LogP contribution >= 0.6 is 0 Å². The molecule has 0 bridgehead atoms. The number of hydrogen-bond donors (Lipinski definition) is 0. The van der Waals surface area contributed by atoms with E-state index in [9.17, 15) is 19.2 Å². The van der Waals surface area contributed by atoms with Crippen molar-refractivity contribution in [3.05, 3.63) is 59.7 Å². The SMILES string of the molecule is CCCCCCCCCCOc1ccc(C(=O)Oc2ccc(C(=O)N3CCC[C@H]3C(=O)O[C@@H](C)C(=O)OCC)cc2)cc1. The predicted molar refractivity (Wildman–Crippen MR) is 162 cm³/mol. The van der Waals surface area contributed by atoms with Gasteiger partial charge in [-0.15, -0.1) is 0 Å². The van der Waals surface area contributed by atoms with Crippen molar-refractivity contribution in [1.29, 1.82) is 0 Å². The minimum atomic E-state index is -1.05. The fraction of sp³-hybridized carbons (Fsp3) is 0.529. The zero-order valence-electron chi connectivity index (χ0n) is 25.7. The Bertz CT molecular complexity index is 1180. The number of rotatable bonds is 17.